The Labute approximate surface area is 282 Å². The molecule has 2 saturated heterocycles. The predicted molar refractivity (Wildman–Crippen MR) is 183 cm³/mol. The third-order valence-corrected chi connectivity index (χ3v) is 9.85. The number of rotatable bonds is 6. The molecule has 50 heavy (non-hydrogen) atoms. The molecule has 2 fully saturated rings. The third-order valence-electron chi connectivity index (χ3n) is 9.85. The van der Waals surface area contributed by atoms with Gasteiger partial charge in [0.05, 0.1) is 46.7 Å². The maximum atomic E-state index is 13.9. The first-order chi connectivity index (χ1) is 24.0. The molecule has 3 aromatic heterocycles. The normalized spacial score (nSPS) is 16.4. The second-order valence-corrected chi connectivity index (χ2v) is 12.9. The number of hydrogen-bond acceptors (Lipinski definition) is 9. The summed E-state index contributed by atoms with van der Waals surface area (Å²) in [7, 11) is 2.91. The van der Waals surface area contributed by atoms with E-state index in [1.54, 1.807) is 0 Å². The minimum atomic E-state index is -0.715. The van der Waals surface area contributed by atoms with Gasteiger partial charge in [0.15, 0.2) is 0 Å². The summed E-state index contributed by atoms with van der Waals surface area (Å²) in [6, 6.07) is 7.58. The molecule has 0 unspecified atom stereocenters. The average Bonchev–Trinajstić information content (AvgIpc) is 3.12. The van der Waals surface area contributed by atoms with Crippen molar-refractivity contribution in [2.75, 3.05) is 42.9 Å². The van der Waals surface area contributed by atoms with Crippen molar-refractivity contribution in [3.8, 4) is 0 Å². The highest BCUT2D eigenvalue weighted by Crippen LogP contribution is 2.27. The predicted octanol–water partition coefficient (Wildman–Crippen LogP) is 1.90. The summed E-state index contributed by atoms with van der Waals surface area (Å²) in [6.07, 6.45) is 5.22. The molecule has 1 N–H and O–H groups in total. The maximum Gasteiger partial charge on any atom is 0.317 e. The highest BCUT2D eigenvalue weighted by Gasteiger charge is 2.27. The molecule has 0 aliphatic carbocycles. The van der Waals surface area contributed by atoms with E-state index in [0.29, 0.717) is 85.6 Å². The van der Waals surface area contributed by atoms with Crippen LogP contribution in [0.4, 0.5) is 20.4 Å². The van der Waals surface area contributed by atoms with Crippen LogP contribution in [0.1, 0.15) is 37.8 Å². The molecule has 14 nitrogen and oxygen atoms in total. The fourth-order valence-corrected chi connectivity index (χ4v) is 7.21. The molecule has 0 radical (unpaired) electrons. The van der Waals surface area contributed by atoms with Gasteiger partial charge in [0.25, 0.3) is 0 Å². The molecule has 5 aromatic rings. The monoisotopic (exact) mass is 687 g/mol. The van der Waals surface area contributed by atoms with Gasteiger partial charge < -0.3 is 19.4 Å². The van der Waals surface area contributed by atoms with E-state index in [9.17, 15) is 32.8 Å². The van der Waals surface area contributed by atoms with Gasteiger partial charge in [0, 0.05) is 52.4 Å². The number of piperidine rings is 2. The molecule has 1 amide bonds. The summed E-state index contributed by atoms with van der Waals surface area (Å²) in [5.41, 5.74) is -0.592. The fraction of sp³-hybridized carbons (Fsp3) is 0.382. The van der Waals surface area contributed by atoms with Crippen molar-refractivity contribution in [1.29, 1.82) is 0 Å². The van der Waals surface area contributed by atoms with Crippen molar-refractivity contribution >= 4 is 39.6 Å². The number of nitrogens with zero attached hydrogens (tertiary/aromatic N) is 8. The van der Waals surface area contributed by atoms with Crippen LogP contribution < -0.4 is 32.5 Å². The minimum absolute atomic E-state index is 0.114. The van der Waals surface area contributed by atoms with E-state index in [-0.39, 0.29) is 24.5 Å². The van der Waals surface area contributed by atoms with E-state index < -0.39 is 33.9 Å². The first-order valence-corrected chi connectivity index (χ1v) is 16.4. The van der Waals surface area contributed by atoms with Gasteiger partial charge in [-0.25, -0.2) is 18.7 Å². The van der Waals surface area contributed by atoms with Gasteiger partial charge in [-0.15, -0.1) is 0 Å². The van der Waals surface area contributed by atoms with Crippen LogP contribution in [0, 0.1) is 11.6 Å². The summed E-state index contributed by atoms with van der Waals surface area (Å²) in [5.74, 6) is -0.770. The first kappa shape index (κ1) is 33.0. The number of anilines is 2. The van der Waals surface area contributed by atoms with E-state index in [2.05, 4.69) is 15.3 Å². The van der Waals surface area contributed by atoms with E-state index in [1.165, 1.54) is 81.2 Å². The fourth-order valence-electron chi connectivity index (χ4n) is 7.21. The van der Waals surface area contributed by atoms with Crippen molar-refractivity contribution in [2.24, 2.45) is 14.1 Å². The second-order valence-electron chi connectivity index (χ2n) is 12.9. The number of carbonyl (C=O) groups is 1. The Bertz CT molecular complexity index is 2370. The number of fused-ring (bicyclic) bond motifs is 2. The Balaban J connectivity index is 0.945. The Morgan fingerprint density at radius 1 is 0.700 bits per heavy atom. The molecule has 0 saturated carbocycles. The van der Waals surface area contributed by atoms with Crippen LogP contribution in [0.25, 0.3) is 22.1 Å². The zero-order chi connectivity index (χ0) is 35.3. The zero-order valence-electron chi connectivity index (χ0n) is 27.5. The van der Waals surface area contributed by atoms with Crippen LogP contribution in [-0.4, -0.2) is 71.8 Å². The summed E-state index contributed by atoms with van der Waals surface area (Å²) in [4.78, 5) is 76.8. The molecule has 260 valence electrons. The maximum absolute atomic E-state index is 13.9. The van der Waals surface area contributed by atoms with E-state index in [4.69, 9.17) is 0 Å². The molecule has 2 aliphatic rings. The van der Waals surface area contributed by atoms with Crippen molar-refractivity contribution in [3.63, 3.8) is 0 Å². The highest BCUT2D eigenvalue weighted by atomic mass is 19.1. The van der Waals surface area contributed by atoms with Crippen LogP contribution in [0.3, 0.4) is 0 Å². The highest BCUT2D eigenvalue weighted by molar-refractivity contribution is 5.92. The molecule has 7 rings (SSSR count). The Morgan fingerprint density at radius 2 is 1.16 bits per heavy atom. The van der Waals surface area contributed by atoms with Gasteiger partial charge >= 0.3 is 22.2 Å². The van der Waals surface area contributed by atoms with Gasteiger partial charge in [-0.1, -0.05) is 0 Å². The molecular formula is C34H35F2N9O5. The average molecular weight is 688 g/mol. The lowest BCUT2D eigenvalue weighted by molar-refractivity contribution is -0.117. The number of nitrogens with one attached hydrogen (secondary N) is 1. The number of hydrogen-bond donors (Lipinski definition) is 1. The lowest BCUT2D eigenvalue weighted by Crippen LogP contribution is -2.45. The standard InChI is InChI=1S/C34H35F2N9O5/c1-40-27-15-20(35)3-5-25(27)44(32(49)30(40)47)23-7-11-42(12-8-23)19-29(46)39-22-17-37-34(38-18-22)43-13-9-24(10-14-43)45-26-6-4-21(36)16-28(26)41(2)31(48)33(45)50/h3-6,15-18,23-24H,7-14,19H2,1-2H3,(H,39,46). The van der Waals surface area contributed by atoms with Crippen molar-refractivity contribution < 1.29 is 13.6 Å². The lowest BCUT2D eigenvalue weighted by atomic mass is 10.0. The number of aryl methyl sites for hydroxylation is 2. The first-order valence-electron chi connectivity index (χ1n) is 16.4. The van der Waals surface area contributed by atoms with Gasteiger partial charge in [0.1, 0.15) is 11.6 Å². The lowest BCUT2D eigenvalue weighted by Gasteiger charge is -2.33. The van der Waals surface area contributed by atoms with E-state index >= 15 is 0 Å². The van der Waals surface area contributed by atoms with Gasteiger partial charge in [-0.3, -0.25) is 38.0 Å². The molecule has 0 bridgehead atoms. The van der Waals surface area contributed by atoms with Gasteiger partial charge in [0.2, 0.25) is 11.9 Å². The number of amides is 1. The molecule has 16 heteroatoms. The molecule has 2 aliphatic heterocycles. The van der Waals surface area contributed by atoms with Crippen LogP contribution in [0.2, 0.25) is 0 Å². The topological polar surface area (TPSA) is 149 Å². The SMILES string of the molecule is Cn1c(=O)c(=O)n(C2CCN(CC(=O)Nc3cnc(N4CCC(n5c(=O)c(=O)n(C)c6cc(F)ccc65)CC4)nc3)CC2)c2ccc(F)cc21. The number of aromatic nitrogens is 6. The number of carbonyl (C=O) groups excluding carboxylic acids is 1. The van der Waals surface area contributed by atoms with Crippen LogP contribution in [-0.2, 0) is 18.9 Å². The molecule has 0 atom stereocenters. The Morgan fingerprint density at radius 3 is 1.64 bits per heavy atom. The Hall–Kier alpha value is -5.51. The quantitative estimate of drug-likeness (QED) is 0.264. The molecule has 2 aromatic carbocycles. The van der Waals surface area contributed by atoms with Crippen LogP contribution in [0.15, 0.2) is 68.0 Å². The largest absolute Gasteiger partial charge is 0.341 e. The van der Waals surface area contributed by atoms with E-state index in [0.717, 1.165) is 0 Å². The van der Waals surface area contributed by atoms with Gasteiger partial charge in [-0.2, -0.15) is 0 Å². The summed E-state index contributed by atoms with van der Waals surface area (Å²) in [6.45, 7) is 2.19. The molecule has 0 spiro atoms. The van der Waals surface area contributed by atoms with Crippen LogP contribution in [0.5, 0.6) is 0 Å². The van der Waals surface area contributed by atoms with Crippen LogP contribution >= 0.6 is 0 Å². The number of halogens is 2. The zero-order valence-corrected chi connectivity index (χ0v) is 27.5. The van der Waals surface area contributed by atoms with Crippen molar-refractivity contribution in [3.05, 3.63) is 102 Å². The molecular weight excluding hydrogens is 652 g/mol. The number of likely N-dealkylation sites (tertiary alicyclic amines) is 1. The summed E-state index contributed by atoms with van der Waals surface area (Å²) < 4.78 is 33.1. The smallest absolute Gasteiger partial charge is 0.317 e. The van der Waals surface area contributed by atoms with Crippen molar-refractivity contribution in [1.82, 2.24) is 33.1 Å². The minimum Gasteiger partial charge on any atom is -0.341 e. The Kier molecular flexibility index (Phi) is 8.63. The third kappa shape index (κ3) is 5.99. The van der Waals surface area contributed by atoms with Gasteiger partial charge in [-0.05, 0) is 62.1 Å². The summed E-state index contributed by atoms with van der Waals surface area (Å²) >= 11 is 0. The number of benzene rings is 2. The van der Waals surface area contributed by atoms with E-state index in [1.807, 2.05) is 9.80 Å². The van der Waals surface area contributed by atoms with Crippen molar-refractivity contribution in [2.45, 2.75) is 37.8 Å². The molecule has 5 heterocycles. The summed E-state index contributed by atoms with van der Waals surface area (Å²) in [5, 5.41) is 2.82. The second kappa shape index (κ2) is 13.1.